The maximum absolute atomic E-state index is 6.21. The standard InChI is InChI=1S/C22H26ClN3O/c1-2-25(13-18-10-11-27-16-18)15-22-24-20-12-19(23)8-9-21(20)26(22)14-17-6-4-3-5-7-17/h3-9,12,18H,2,10-11,13-16H2,1H3. The molecule has 3 aromatic rings. The number of hydrogen-bond donors (Lipinski definition) is 0. The molecule has 2 heterocycles. The number of fused-ring (bicyclic) bond motifs is 1. The number of ether oxygens (including phenoxy) is 1. The molecule has 5 heteroatoms. The van der Waals surface area contributed by atoms with Gasteiger partial charge < -0.3 is 9.30 Å². The maximum atomic E-state index is 6.21. The molecule has 1 aliphatic heterocycles. The summed E-state index contributed by atoms with van der Waals surface area (Å²) in [6, 6.07) is 16.6. The molecule has 0 amide bonds. The van der Waals surface area contributed by atoms with Crippen molar-refractivity contribution in [2.45, 2.75) is 26.4 Å². The van der Waals surface area contributed by atoms with Crippen LogP contribution >= 0.6 is 11.6 Å². The van der Waals surface area contributed by atoms with Crippen LogP contribution in [0.15, 0.2) is 48.5 Å². The van der Waals surface area contributed by atoms with Crippen molar-refractivity contribution in [3.63, 3.8) is 0 Å². The number of aromatic nitrogens is 2. The van der Waals surface area contributed by atoms with E-state index >= 15 is 0 Å². The van der Waals surface area contributed by atoms with Crippen molar-refractivity contribution in [1.29, 1.82) is 0 Å². The summed E-state index contributed by atoms with van der Waals surface area (Å²) in [7, 11) is 0. The average molecular weight is 384 g/mol. The molecule has 0 saturated carbocycles. The molecule has 4 rings (SSSR count). The van der Waals surface area contributed by atoms with Crippen LogP contribution in [0.25, 0.3) is 11.0 Å². The van der Waals surface area contributed by atoms with Crippen LogP contribution in [0.5, 0.6) is 0 Å². The molecule has 0 radical (unpaired) electrons. The highest BCUT2D eigenvalue weighted by Crippen LogP contribution is 2.23. The van der Waals surface area contributed by atoms with E-state index in [1.165, 1.54) is 5.56 Å². The molecule has 0 aliphatic carbocycles. The Balaban J connectivity index is 1.64. The Hall–Kier alpha value is -1.88. The molecule has 4 nitrogen and oxygen atoms in total. The zero-order valence-corrected chi connectivity index (χ0v) is 16.5. The van der Waals surface area contributed by atoms with Crippen molar-refractivity contribution < 1.29 is 4.74 Å². The summed E-state index contributed by atoms with van der Waals surface area (Å²) in [5, 5.41) is 0.730. The van der Waals surface area contributed by atoms with Gasteiger partial charge in [-0.15, -0.1) is 0 Å². The van der Waals surface area contributed by atoms with E-state index in [-0.39, 0.29) is 0 Å². The summed E-state index contributed by atoms with van der Waals surface area (Å²) in [6.07, 6.45) is 1.16. The Kier molecular flexibility index (Phi) is 5.77. The molecule has 1 saturated heterocycles. The van der Waals surface area contributed by atoms with Crippen LogP contribution in [0.3, 0.4) is 0 Å². The molecule has 1 atom stereocenters. The molecular formula is C22H26ClN3O. The lowest BCUT2D eigenvalue weighted by atomic mass is 10.1. The molecule has 27 heavy (non-hydrogen) atoms. The zero-order valence-electron chi connectivity index (χ0n) is 15.8. The van der Waals surface area contributed by atoms with Crippen molar-refractivity contribution in [2.24, 2.45) is 5.92 Å². The van der Waals surface area contributed by atoms with Crippen LogP contribution in [0.4, 0.5) is 0 Å². The van der Waals surface area contributed by atoms with Crippen LogP contribution < -0.4 is 0 Å². The first-order valence-electron chi connectivity index (χ1n) is 9.71. The summed E-state index contributed by atoms with van der Waals surface area (Å²) < 4.78 is 7.88. The summed E-state index contributed by atoms with van der Waals surface area (Å²) in [5.41, 5.74) is 3.38. The van der Waals surface area contributed by atoms with E-state index in [0.717, 1.165) is 67.7 Å². The van der Waals surface area contributed by atoms with Crippen LogP contribution in [0.1, 0.15) is 24.7 Å². The fourth-order valence-corrected chi connectivity index (χ4v) is 3.98. The second-order valence-corrected chi connectivity index (χ2v) is 7.73. The van der Waals surface area contributed by atoms with Gasteiger partial charge in [-0.1, -0.05) is 48.9 Å². The number of imidazole rings is 1. The molecular weight excluding hydrogens is 358 g/mol. The topological polar surface area (TPSA) is 30.3 Å². The predicted molar refractivity (Wildman–Crippen MR) is 110 cm³/mol. The van der Waals surface area contributed by atoms with Crippen molar-refractivity contribution in [2.75, 3.05) is 26.3 Å². The number of hydrogen-bond acceptors (Lipinski definition) is 3. The first-order chi connectivity index (χ1) is 13.2. The van der Waals surface area contributed by atoms with E-state index in [9.17, 15) is 0 Å². The highest BCUT2D eigenvalue weighted by Gasteiger charge is 2.20. The number of nitrogens with zero attached hydrogens (tertiary/aromatic N) is 3. The largest absolute Gasteiger partial charge is 0.381 e. The lowest BCUT2D eigenvalue weighted by Crippen LogP contribution is -2.30. The first kappa shape index (κ1) is 18.5. The second-order valence-electron chi connectivity index (χ2n) is 7.29. The van der Waals surface area contributed by atoms with Gasteiger partial charge in [-0.2, -0.15) is 0 Å². The molecule has 142 valence electrons. The van der Waals surface area contributed by atoms with Gasteiger partial charge in [0.1, 0.15) is 5.82 Å². The number of rotatable bonds is 7. The van der Waals surface area contributed by atoms with E-state index in [1.54, 1.807) is 0 Å². The minimum Gasteiger partial charge on any atom is -0.381 e. The van der Waals surface area contributed by atoms with Gasteiger partial charge in [-0.3, -0.25) is 4.90 Å². The van der Waals surface area contributed by atoms with Gasteiger partial charge in [-0.05, 0) is 42.6 Å². The molecule has 2 aromatic carbocycles. The SMILES string of the molecule is CCN(Cc1nc2cc(Cl)ccc2n1Cc1ccccc1)CC1CCOC1. The van der Waals surface area contributed by atoms with Crippen molar-refractivity contribution in [1.82, 2.24) is 14.5 Å². The van der Waals surface area contributed by atoms with Crippen LogP contribution in [0, 0.1) is 5.92 Å². The van der Waals surface area contributed by atoms with Crippen LogP contribution in [0.2, 0.25) is 5.02 Å². The van der Waals surface area contributed by atoms with Crippen molar-refractivity contribution in [3.8, 4) is 0 Å². The molecule has 0 spiro atoms. The summed E-state index contributed by atoms with van der Waals surface area (Å²) >= 11 is 6.21. The highest BCUT2D eigenvalue weighted by molar-refractivity contribution is 6.31. The summed E-state index contributed by atoms with van der Waals surface area (Å²) in [6.45, 7) is 7.72. The minimum atomic E-state index is 0.631. The van der Waals surface area contributed by atoms with Gasteiger partial charge in [0, 0.05) is 24.7 Å². The second kappa shape index (κ2) is 8.42. The van der Waals surface area contributed by atoms with Crippen LogP contribution in [-0.4, -0.2) is 40.8 Å². The lowest BCUT2D eigenvalue weighted by molar-refractivity contribution is 0.165. The maximum Gasteiger partial charge on any atom is 0.124 e. The molecule has 1 aromatic heterocycles. The molecule has 0 N–H and O–H groups in total. The van der Waals surface area contributed by atoms with Crippen molar-refractivity contribution >= 4 is 22.6 Å². The zero-order chi connectivity index (χ0) is 18.6. The Morgan fingerprint density at radius 1 is 1.22 bits per heavy atom. The molecule has 1 aliphatic rings. The quantitative estimate of drug-likeness (QED) is 0.597. The fourth-order valence-electron chi connectivity index (χ4n) is 3.81. The number of benzene rings is 2. The van der Waals surface area contributed by atoms with Gasteiger partial charge in [0.05, 0.1) is 24.2 Å². The van der Waals surface area contributed by atoms with Gasteiger partial charge >= 0.3 is 0 Å². The summed E-state index contributed by atoms with van der Waals surface area (Å²) in [5.74, 6) is 1.73. The number of halogens is 1. The first-order valence-corrected chi connectivity index (χ1v) is 10.1. The Bertz CT molecular complexity index is 887. The molecule has 0 bridgehead atoms. The lowest BCUT2D eigenvalue weighted by Gasteiger charge is -2.23. The normalized spacial score (nSPS) is 17.2. The monoisotopic (exact) mass is 383 g/mol. The van der Waals surface area contributed by atoms with E-state index in [2.05, 4.69) is 52.8 Å². The van der Waals surface area contributed by atoms with Gasteiger partial charge in [0.2, 0.25) is 0 Å². The van der Waals surface area contributed by atoms with E-state index in [1.807, 2.05) is 12.1 Å². The Labute approximate surface area is 165 Å². The van der Waals surface area contributed by atoms with E-state index < -0.39 is 0 Å². The summed E-state index contributed by atoms with van der Waals surface area (Å²) in [4.78, 5) is 7.41. The van der Waals surface area contributed by atoms with E-state index in [4.69, 9.17) is 21.3 Å². The van der Waals surface area contributed by atoms with Gasteiger partial charge in [0.25, 0.3) is 0 Å². The van der Waals surface area contributed by atoms with Gasteiger partial charge in [-0.25, -0.2) is 4.98 Å². The third-order valence-corrected chi connectivity index (χ3v) is 5.56. The average Bonchev–Trinajstić information content (AvgIpc) is 3.30. The fraction of sp³-hybridized carbons (Fsp3) is 0.409. The third kappa shape index (κ3) is 4.34. The van der Waals surface area contributed by atoms with Crippen LogP contribution in [-0.2, 0) is 17.8 Å². The van der Waals surface area contributed by atoms with E-state index in [0.29, 0.717) is 5.92 Å². The Morgan fingerprint density at radius 2 is 2.07 bits per heavy atom. The minimum absolute atomic E-state index is 0.631. The predicted octanol–water partition coefficient (Wildman–Crippen LogP) is 4.60. The van der Waals surface area contributed by atoms with Gasteiger partial charge in [0.15, 0.2) is 0 Å². The molecule has 1 fully saturated rings. The smallest absolute Gasteiger partial charge is 0.124 e. The van der Waals surface area contributed by atoms with Crippen molar-refractivity contribution in [3.05, 3.63) is 64.9 Å². The highest BCUT2D eigenvalue weighted by atomic mass is 35.5. The third-order valence-electron chi connectivity index (χ3n) is 5.33. The Morgan fingerprint density at radius 3 is 2.81 bits per heavy atom. The molecule has 1 unspecified atom stereocenters.